The van der Waals surface area contributed by atoms with Gasteiger partial charge in [0.25, 0.3) is 5.56 Å². The van der Waals surface area contributed by atoms with E-state index < -0.39 is 11.9 Å². The maximum Gasteiger partial charge on any atom is 0.252 e. The third-order valence-electron chi connectivity index (χ3n) is 7.74. The molecule has 0 saturated carbocycles. The van der Waals surface area contributed by atoms with Crippen LogP contribution in [0.2, 0.25) is 0 Å². The van der Waals surface area contributed by atoms with Gasteiger partial charge in [-0.1, -0.05) is 26.0 Å². The third-order valence-corrected chi connectivity index (χ3v) is 7.74. The number of benzene rings is 1. The Morgan fingerprint density at radius 1 is 1.05 bits per heavy atom. The summed E-state index contributed by atoms with van der Waals surface area (Å²) in [5.74, 6) is -0.771. The van der Waals surface area contributed by atoms with Crippen LogP contribution < -0.4 is 10.5 Å². The highest BCUT2D eigenvalue weighted by molar-refractivity contribution is 5.89. The number of pyridine rings is 3. The number of anilines is 1. The van der Waals surface area contributed by atoms with Gasteiger partial charge in [-0.2, -0.15) is 5.26 Å². The van der Waals surface area contributed by atoms with Gasteiger partial charge in [-0.05, 0) is 54.8 Å². The van der Waals surface area contributed by atoms with Gasteiger partial charge in [-0.3, -0.25) is 14.7 Å². The standard InChI is InChI=1S/C30H30F2N6O/c1-4-22-18-38(30(19-8-10-20(31)11-9-19)28-24(32)7-6-14-34-28)23(5-2)17-37(22)26-15-27(39)36(3)25-13-12-21(16-33)35-29(25)26/h6-15,22-23,30H,4-5,17-18H2,1-3H3/t22-,23+,30?/m0/s1. The average molecular weight is 529 g/mol. The first-order chi connectivity index (χ1) is 18.9. The van der Waals surface area contributed by atoms with Crippen LogP contribution >= 0.6 is 0 Å². The molecule has 1 aromatic carbocycles. The van der Waals surface area contributed by atoms with Gasteiger partial charge in [-0.15, -0.1) is 0 Å². The Kier molecular flexibility index (Phi) is 7.40. The highest BCUT2D eigenvalue weighted by Crippen LogP contribution is 2.37. The zero-order chi connectivity index (χ0) is 27.7. The number of aromatic nitrogens is 3. The van der Waals surface area contributed by atoms with E-state index in [2.05, 4.69) is 39.7 Å². The molecule has 39 heavy (non-hydrogen) atoms. The Balaban J connectivity index is 1.62. The van der Waals surface area contributed by atoms with E-state index in [1.807, 2.05) is 0 Å². The van der Waals surface area contributed by atoms with Crippen LogP contribution in [0.1, 0.15) is 49.7 Å². The molecule has 1 aliphatic rings. The molecule has 0 aliphatic carbocycles. The number of aryl methyl sites for hydroxylation is 1. The van der Waals surface area contributed by atoms with Crippen molar-refractivity contribution in [2.45, 2.75) is 44.8 Å². The SMILES string of the molecule is CC[C@H]1CN(C(c2ccc(F)cc2)c2ncccc2F)[C@H](CC)CN1c1cc(=O)n(C)c2ccc(C#N)nc12. The molecule has 0 spiro atoms. The van der Waals surface area contributed by atoms with Gasteiger partial charge in [0.05, 0.1) is 22.9 Å². The molecule has 1 unspecified atom stereocenters. The van der Waals surface area contributed by atoms with Crippen molar-refractivity contribution in [1.82, 2.24) is 19.4 Å². The quantitative estimate of drug-likeness (QED) is 0.353. The Labute approximate surface area is 226 Å². The maximum absolute atomic E-state index is 15.2. The van der Waals surface area contributed by atoms with E-state index in [1.165, 1.54) is 22.8 Å². The van der Waals surface area contributed by atoms with E-state index in [1.54, 1.807) is 49.6 Å². The van der Waals surface area contributed by atoms with Gasteiger partial charge in [0.2, 0.25) is 0 Å². The lowest BCUT2D eigenvalue weighted by Crippen LogP contribution is -2.59. The topological polar surface area (TPSA) is 78.0 Å². The van der Waals surface area contributed by atoms with Gasteiger partial charge in [0.1, 0.15) is 28.9 Å². The summed E-state index contributed by atoms with van der Waals surface area (Å²) in [6.07, 6.45) is 3.08. The Morgan fingerprint density at radius 3 is 2.46 bits per heavy atom. The molecule has 1 saturated heterocycles. The van der Waals surface area contributed by atoms with E-state index >= 15 is 4.39 Å². The van der Waals surface area contributed by atoms with Crippen molar-refractivity contribution in [2.24, 2.45) is 7.05 Å². The Morgan fingerprint density at radius 2 is 1.79 bits per heavy atom. The van der Waals surface area contributed by atoms with Crippen LogP contribution in [0, 0.1) is 23.0 Å². The Bertz CT molecular complexity index is 1600. The fourth-order valence-corrected chi connectivity index (χ4v) is 5.64. The second-order valence-corrected chi connectivity index (χ2v) is 9.90. The third kappa shape index (κ3) is 4.88. The van der Waals surface area contributed by atoms with Crippen LogP contribution in [-0.4, -0.2) is 44.6 Å². The fourth-order valence-electron chi connectivity index (χ4n) is 5.64. The number of fused-ring (bicyclic) bond motifs is 1. The number of nitriles is 1. The summed E-state index contributed by atoms with van der Waals surface area (Å²) < 4.78 is 30.6. The van der Waals surface area contributed by atoms with E-state index in [-0.39, 0.29) is 29.2 Å². The van der Waals surface area contributed by atoms with E-state index in [4.69, 9.17) is 0 Å². The van der Waals surface area contributed by atoms with Gasteiger partial charge < -0.3 is 9.47 Å². The van der Waals surface area contributed by atoms with Gasteiger partial charge in [0, 0.05) is 44.5 Å². The van der Waals surface area contributed by atoms with Gasteiger partial charge >= 0.3 is 0 Å². The van der Waals surface area contributed by atoms with E-state index in [9.17, 15) is 14.4 Å². The highest BCUT2D eigenvalue weighted by atomic mass is 19.1. The molecule has 3 aromatic heterocycles. The molecular weight excluding hydrogens is 498 g/mol. The highest BCUT2D eigenvalue weighted by Gasteiger charge is 2.39. The molecule has 0 amide bonds. The smallest absolute Gasteiger partial charge is 0.252 e. The van der Waals surface area contributed by atoms with Crippen molar-refractivity contribution in [3.05, 3.63) is 99.7 Å². The second-order valence-electron chi connectivity index (χ2n) is 9.90. The van der Waals surface area contributed by atoms with Crippen molar-refractivity contribution in [1.29, 1.82) is 5.26 Å². The summed E-state index contributed by atoms with van der Waals surface area (Å²) in [6, 6.07) is 15.6. The fraction of sp³-hybridized carbons (Fsp3) is 0.333. The van der Waals surface area contributed by atoms with Crippen molar-refractivity contribution in [3.63, 3.8) is 0 Å². The van der Waals surface area contributed by atoms with E-state index in [0.29, 0.717) is 35.5 Å². The largest absolute Gasteiger partial charge is 0.364 e. The normalized spacial score (nSPS) is 18.7. The second kappa shape index (κ2) is 10.9. The molecular formula is C30H30F2N6O. The lowest BCUT2D eigenvalue weighted by Gasteiger charge is -2.50. The lowest BCUT2D eigenvalue weighted by atomic mass is 9.93. The van der Waals surface area contributed by atoms with Crippen LogP contribution in [0.25, 0.3) is 11.0 Å². The Hall–Kier alpha value is -4.16. The summed E-state index contributed by atoms with van der Waals surface area (Å²) >= 11 is 0. The van der Waals surface area contributed by atoms with Gasteiger partial charge in [0.15, 0.2) is 0 Å². The van der Waals surface area contributed by atoms with Crippen molar-refractivity contribution in [3.8, 4) is 6.07 Å². The molecule has 1 aliphatic heterocycles. The van der Waals surface area contributed by atoms with Crippen LogP contribution in [-0.2, 0) is 7.05 Å². The summed E-state index contributed by atoms with van der Waals surface area (Å²) in [6.45, 7) is 5.27. The average Bonchev–Trinajstić information content (AvgIpc) is 2.96. The molecule has 3 atom stereocenters. The number of halogens is 2. The minimum absolute atomic E-state index is 0.0367. The lowest BCUT2D eigenvalue weighted by molar-refractivity contribution is 0.107. The molecule has 5 rings (SSSR count). The minimum Gasteiger partial charge on any atom is -0.364 e. The van der Waals surface area contributed by atoms with Crippen LogP contribution in [0.4, 0.5) is 14.5 Å². The molecule has 0 radical (unpaired) electrons. The van der Waals surface area contributed by atoms with Crippen LogP contribution in [0.15, 0.2) is 65.6 Å². The maximum atomic E-state index is 15.2. The molecule has 200 valence electrons. The number of rotatable bonds is 6. The first kappa shape index (κ1) is 26.4. The van der Waals surface area contributed by atoms with E-state index in [0.717, 1.165) is 18.4 Å². The first-order valence-corrected chi connectivity index (χ1v) is 13.1. The molecule has 4 heterocycles. The summed E-state index contributed by atoms with van der Waals surface area (Å²) in [5, 5.41) is 9.49. The monoisotopic (exact) mass is 528 g/mol. The number of hydrogen-bond acceptors (Lipinski definition) is 6. The summed E-state index contributed by atoms with van der Waals surface area (Å²) in [7, 11) is 1.70. The number of piperazine rings is 1. The van der Waals surface area contributed by atoms with Crippen molar-refractivity contribution in [2.75, 3.05) is 18.0 Å². The molecule has 4 aromatic rings. The molecule has 0 N–H and O–H groups in total. The first-order valence-electron chi connectivity index (χ1n) is 13.1. The zero-order valence-corrected chi connectivity index (χ0v) is 22.2. The van der Waals surface area contributed by atoms with Crippen molar-refractivity contribution < 1.29 is 8.78 Å². The van der Waals surface area contributed by atoms with Crippen molar-refractivity contribution >= 4 is 16.7 Å². The summed E-state index contributed by atoms with van der Waals surface area (Å²) in [5.41, 5.74) is 3.13. The number of nitrogens with zero attached hydrogens (tertiary/aromatic N) is 6. The van der Waals surface area contributed by atoms with Gasteiger partial charge in [-0.25, -0.2) is 13.8 Å². The minimum atomic E-state index is -0.517. The summed E-state index contributed by atoms with van der Waals surface area (Å²) in [4.78, 5) is 26.4. The molecule has 7 nitrogen and oxygen atoms in total. The van der Waals surface area contributed by atoms with Crippen LogP contribution in [0.5, 0.6) is 0 Å². The predicted molar refractivity (Wildman–Crippen MR) is 146 cm³/mol. The molecule has 9 heteroatoms. The predicted octanol–water partition coefficient (Wildman–Crippen LogP) is 4.95. The van der Waals surface area contributed by atoms with Crippen LogP contribution in [0.3, 0.4) is 0 Å². The molecule has 0 bridgehead atoms. The number of hydrogen-bond donors (Lipinski definition) is 0. The zero-order valence-electron chi connectivity index (χ0n) is 22.2. The molecule has 1 fully saturated rings.